The topological polar surface area (TPSA) is 107 Å². The first-order valence-corrected chi connectivity index (χ1v) is 10.5. The molecule has 0 radical (unpaired) electrons. The van der Waals surface area contributed by atoms with Gasteiger partial charge in [0.1, 0.15) is 17.9 Å². The minimum atomic E-state index is -0.915. The summed E-state index contributed by atoms with van der Waals surface area (Å²) in [7, 11) is 2.99. The van der Waals surface area contributed by atoms with Crippen molar-refractivity contribution in [1.29, 1.82) is 0 Å². The van der Waals surface area contributed by atoms with Crippen LogP contribution in [-0.2, 0) is 9.53 Å². The number of aromatic nitrogens is 1. The molecule has 1 amide bonds. The number of rotatable bonds is 9. The summed E-state index contributed by atoms with van der Waals surface area (Å²) in [5.74, 6) is -1.07. The Morgan fingerprint density at radius 1 is 1.06 bits per heavy atom. The quantitative estimate of drug-likeness (QED) is 0.569. The number of aryl methyl sites for hydroxylation is 1. The minimum absolute atomic E-state index is 0.0718. The van der Waals surface area contributed by atoms with Gasteiger partial charge in [0.15, 0.2) is 17.2 Å². The summed E-state index contributed by atoms with van der Waals surface area (Å²) in [4.78, 5) is 29.5. The fourth-order valence-electron chi connectivity index (χ4n) is 3.37. The van der Waals surface area contributed by atoms with Crippen LogP contribution < -0.4 is 14.8 Å². The highest BCUT2D eigenvalue weighted by molar-refractivity contribution is 5.98. The molecule has 1 heterocycles. The zero-order chi connectivity index (χ0) is 24.0. The number of carbonyl (C=O) groups is 2. The Kier molecular flexibility index (Phi) is 8.46. The average Bonchev–Trinajstić information content (AvgIpc) is 2.76. The van der Waals surface area contributed by atoms with Gasteiger partial charge in [-0.15, -0.1) is 0 Å². The Bertz CT molecular complexity index is 960. The van der Waals surface area contributed by atoms with Crippen molar-refractivity contribution >= 4 is 11.9 Å². The van der Waals surface area contributed by atoms with E-state index in [4.69, 9.17) is 14.2 Å². The number of nitrogens with zero attached hydrogens (tertiary/aromatic N) is 1. The van der Waals surface area contributed by atoms with Gasteiger partial charge in [-0.2, -0.15) is 0 Å². The van der Waals surface area contributed by atoms with Crippen molar-refractivity contribution in [2.24, 2.45) is 5.92 Å². The lowest BCUT2D eigenvalue weighted by atomic mass is 9.92. The molecular weight excluding hydrogens is 412 g/mol. The molecule has 2 rings (SSSR count). The molecule has 0 bridgehead atoms. The lowest BCUT2D eigenvalue weighted by molar-refractivity contribution is -0.152. The summed E-state index contributed by atoms with van der Waals surface area (Å²) < 4.78 is 16.0. The standard InChI is InChI=1S/C24H32N2O6/c1-13(2)20(26-23(28)21-22(27)19(31-7)10-11-25-21)24(29)32-16(5)15(4)18-9-8-17(30-6)12-14(18)3/h8-13,15-16,20,27H,1-7H3,(H,26,28)/t15-,16+,20+/m1/s1. The Labute approximate surface area is 188 Å². The minimum Gasteiger partial charge on any atom is -0.503 e. The second-order valence-corrected chi connectivity index (χ2v) is 8.06. The molecule has 174 valence electrons. The van der Waals surface area contributed by atoms with E-state index in [1.165, 1.54) is 19.4 Å². The highest BCUT2D eigenvalue weighted by Gasteiger charge is 2.31. The van der Waals surface area contributed by atoms with Gasteiger partial charge in [0, 0.05) is 18.2 Å². The third-order valence-electron chi connectivity index (χ3n) is 5.50. The molecule has 3 atom stereocenters. The molecule has 0 aliphatic heterocycles. The Morgan fingerprint density at radius 2 is 1.75 bits per heavy atom. The molecule has 2 N–H and O–H groups in total. The van der Waals surface area contributed by atoms with E-state index >= 15 is 0 Å². The molecule has 32 heavy (non-hydrogen) atoms. The fourth-order valence-corrected chi connectivity index (χ4v) is 3.37. The van der Waals surface area contributed by atoms with Crippen LogP contribution in [0.25, 0.3) is 0 Å². The van der Waals surface area contributed by atoms with Gasteiger partial charge in [0.25, 0.3) is 5.91 Å². The maximum absolute atomic E-state index is 12.9. The molecule has 1 aromatic carbocycles. The first-order valence-electron chi connectivity index (χ1n) is 10.5. The number of pyridine rings is 1. The molecule has 0 aliphatic carbocycles. The van der Waals surface area contributed by atoms with Gasteiger partial charge in [0.05, 0.1) is 14.2 Å². The highest BCUT2D eigenvalue weighted by atomic mass is 16.5. The van der Waals surface area contributed by atoms with E-state index in [1.807, 2.05) is 39.0 Å². The SMILES string of the molecule is COc1ccc([C@H](C)[C@H](C)OC(=O)[C@@H](NC(=O)c2nccc(OC)c2O)C(C)C)c(C)c1. The Hall–Kier alpha value is -3.29. The van der Waals surface area contributed by atoms with Crippen LogP contribution in [0.5, 0.6) is 17.2 Å². The van der Waals surface area contributed by atoms with E-state index in [9.17, 15) is 14.7 Å². The molecular formula is C24H32N2O6. The van der Waals surface area contributed by atoms with Gasteiger partial charge in [-0.3, -0.25) is 4.79 Å². The zero-order valence-corrected chi connectivity index (χ0v) is 19.6. The summed E-state index contributed by atoms with van der Waals surface area (Å²) in [6.45, 7) is 9.38. The fraction of sp³-hybridized carbons (Fsp3) is 0.458. The molecule has 0 aliphatic rings. The largest absolute Gasteiger partial charge is 0.503 e. The van der Waals surface area contributed by atoms with E-state index < -0.39 is 24.0 Å². The number of ether oxygens (including phenoxy) is 3. The van der Waals surface area contributed by atoms with Crippen molar-refractivity contribution < 1.29 is 28.9 Å². The van der Waals surface area contributed by atoms with Crippen molar-refractivity contribution in [2.45, 2.75) is 52.7 Å². The van der Waals surface area contributed by atoms with Gasteiger partial charge >= 0.3 is 5.97 Å². The lowest BCUT2D eigenvalue weighted by Gasteiger charge is -2.27. The molecule has 0 unspecified atom stereocenters. The molecule has 2 aromatic rings. The smallest absolute Gasteiger partial charge is 0.329 e. The van der Waals surface area contributed by atoms with Gasteiger partial charge in [-0.25, -0.2) is 9.78 Å². The van der Waals surface area contributed by atoms with Crippen molar-refractivity contribution in [3.05, 3.63) is 47.3 Å². The molecule has 8 heteroatoms. The summed E-state index contributed by atoms with van der Waals surface area (Å²) in [6.07, 6.45) is 0.910. The van der Waals surface area contributed by atoms with E-state index in [2.05, 4.69) is 10.3 Å². The van der Waals surface area contributed by atoms with Crippen LogP contribution in [0.4, 0.5) is 0 Å². The number of benzene rings is 1. The van der Waals surface area contributed by atoms with Crippen LogP contribution in [0, 0.1) is 12.8 Å². The Morgan fingerprint density at radius 3 is 2.31 bits per heavy atom. The third kappa shape index (κ3) is 5.69. The third-order valence-corrected chi connectivity index (χ3v) is 5.50. The predicted molar refractivity (Wildman–Crippen MR) is 120 cm³/mol. The van der Waals surface area contributed by atoms with Crippen LogP contribution >= 0.6 is 0 Å². The summed E-state index contributed by atoms with van der Waals surface area (Å²) >= 11 is 0. The number of amides is 1. The molecule has 0 fully saturated rings. The normalized spacial score (nSPS) is 13.8. The highest BCUT2D eigenvalue weighted by Crippen LogP contribution is 2.29. The van der Waals surface area contributed by atoms with Gasteiger partial charge in [-0.1, -0.05) is 26.8 Å². The van der Waals surface area contributed by atoms with E-state index in [0.717, 1.165) is 16.9 Å². The second-order valence-electron chi connectivity index (χ2n) is 8.06. The van der Waals surface area contributed by atoms with Crippen molar-refractivity contribution in [3.63, 3.8) is 0 Å². The van der Waals surface area contributed by atoms with Crippen molar-refractivity contribution in [2.75, 3.05) is 14.2 Å². The molecule has 0 saturated carbocycles. The van der Waals surface area contributed by atoms with E-state index in [-0.39, 0.29) is 29.0 Å². The maximum Gasteiger partial charge on any atom is 0.329 e. The second kappa shape index (κ2) is 10.8. The number of hydrogen-bond acceptors (Lipinski definition) is 7. The van der Waals surface area contributed by atoms with Gasteiger partial charge in [0.2, 0.25) is 0 Å². The first-order chi connectivity index (χ1) is 15.1. The lowest BCUT2D eigenvalue weighted by Crippen LogP contribution is -2.46. The molecule has 1 aromatic heterocycles. The number of methoxy groups -OCH3 is 2. The van der Waals surface area contributed by atoms with Gasteiger partial charge in [-0.05, 0) is 43.0 Å². The monoisotopic (exact) mass is 444 g/mol. The average molecular weight is 445 g/mol. The number of hydrogen-bond donors (Lipinski definition) is 2. The number of esters is 1. The summed E-state index contributed by atoms with van der Waals surface area (Å²) in [5, 5.41) is 12.8. The zero-order valence-electron chi connectivity index (χ0n) is 19.6. The van der Waals surface area contributed by atoms with Crippen molar-refractivity contribution in [1.82, 2.24) is 10.3 Å². The van der Waals surface area contributed by atoms with Crippen LogP contribution in [-0.4, -0.2) is 48.3 Å². The molecule has 0 saturated heterocycles. The van der Waals surface area contributed by atoms with E-state index in [0.29, 0.717) is 0 Å². The van der Waals surface area contributed by atoms with Gasteiger partial charge < -0.3 is 24.6 Å². The molecule has 0 spiro atoms. The first kappa shape index (κ1) is 25.0. The summed E-state index contributed by atoms with van der Waals surface area (Å²) in [5.41, 5.74) is 1.85. The van der Waals surface area contributed by atoms with E-state index in [1.54, 1.807) is 21.0 Å². The van der Waals surface area contributed by atoms with Crippen molar-refractivity contribution in [3.8, 4) is 17.2 Å². The van der Waals surface area contributed by atoms with Crippen LogP contribution in [0.2, 0.25) is 0 Å². The Balaban J connectivity index is 2.13. The molecule has 8 nitrogen and oxygen atoms in total. The number of aromatic hydroxyl groups is 1. The number of carbonyl (C=O) groups excluding carboxylic acids is 2. The number of nitrogens with one attached hydrogen (secondary N) is 1. The van der Waals surface area contributed by atoms with Crippen LogP contribution in [0.1, 0.15) is 55.2 Å². The predicted octanol–water partition coefficient (Wildman–Crippen LogP) is 3.60. The maximum atomic E-state index is 12.9. The van der Waals surface area contributed by atoms with Crippen LogP contribution in [0.15, 0.2) is 30.5 Å². The van der Waals surface area contributed by atoms with Crippen LogP contribution in [0.3, 0.4) is 0 Å². The summed E-state index contributed by atoms with van der Waals surface area (Å²) in [6, 6.07) is 6.29.